The third-order valence-corrected chi connectivity index (χ3v) is 3.09. The number of hydrogen-bond acceptors (Lipinski definition) is 6. The summed E-state index contributed by atoms with van der Waals surface area (Å²) in [5.74, 6) is 2.18. The van der Waals surface area contributed by atoms with E-state index in [2.05, 4.69) is 10.2 Å². The minimum Gasteiger partial charge on any atom is -0.490 e. The van der Waals surface area contributed by atoms with Gasteiger partial charge >= 0.3 is 0 Å². The van der Waals surface area contributed by atoms with Crippen LogP contribution in [0.25, 0.3) is 22.6 Å². The van der Waals surface area contributed by atoms with Crippen molar-refractivity contribution in [1.29, 1.82) is 0 Å². The predicted octanol–water partition coefficient (Wildman–Crippen LogP) is 2.57. The molecule has 4 rings (SSSR count). The second-order valence-electron chi connectivity index (χ2n) is 4.67. The summed E-state index contributed by atoms with van der Waals surface area (Å²) in [6.07, 6.45) is 0.218. The third-order valence-electron chi connectivity index (χ3n) is 3.09. The van der Waals surface area contributed by atoms with Gasteiger partial charge in [-0.05, 0) is 12.1 Å². The van der Waals surface area contributed by atoms with E-state index in [0.29, 0.717) is 24.1 Å². The van der Waals surface area contributed by atoms with Crippen LogP contribution in [0.2, 0.25) is 0 Å². The fourth-order valence-electron chi connectivity index (χ4n) is 2.01. The second kappa shape index (κ2) is 4.35. The van der Waals surface area contributed by atoms with Crippen molar-refractivity contribution in [3.8, 4) is 17.4 Å². The second-order valence-corrected chi connectivity index (χ2v) is 4.67. The molecule has 3 heterocycles. The average Bonchev–Trinajstić information content (AvgIpc) is 3.00. The molecule has 1 aliphatic heterocycles. The van der Waals surface area contributed by atoms with E-state index in [9.17, 15) is 0 Å². The summed E-state index contributed by atoms with van der Waals surface area (Å²) in [5, 5.41) is 8.64. The number of benzene rings is 1. The zero-order valence-corrected chi connectivity index (χ0v) is 10.8. The highest BCUT2D eigenvalue weighted by Crippen LogP contribution is 2.33. The van der Waals surface area contributed by atoms with Crippen molar-refractivity contribution in [2.45, 2.75) is 13.0 Å². The smallest absolute Gasteiger partial charge is 0.283 e. The number of hydrogen-bond donors (Lipinski definition) is 0. The highest BCUT2D eigenvalue weighted by atomic mass is 16.6. The van der Waals surface area contributed by atoms with Crippen molar-refractivity contribution in [3.05, 3.63) is 30.2 Å². The SMILES string of the molecule is Cc1nnc(-c2cc3c(OCC4CO4)cccc3o2)o1. The number of rotatable bonds is 4. The van der Waals surface area contributed by atoms with E-state index in [1.165, 1.54) is 0 Å². The minimum atomic E-state index is 0.218. The number of nitrogens with zero attached hydrogens (tertiary/aromatic N) is 2. The topological polar surface area (TPSA) is 73.8 Å². The molecule has 1 aromatic carbocycles. The van der Waals surface area contributed by atoms with Crippen LogP contribution in [-0.2, 0) is 4.74 Å². The molecule has 0 saturated carbocycles. The van der Waals surface area contributed by atoms with Gasteiger partial charge in [0.2, 0.25) is 5.89 Å². The molecule has 6 heteroatoms. The number of aromatic nitrogens is 2. The molecule has 1 atom stereocenters. The highest BCUT2D eigenvalue weighted by Gasteiger charge is 2.23. The lowest BCUT2D eigenvalue weighted by atomic mass is 10.2. The van der Waals surface area contributed by atoms with Crippen LogP contribution in [0.3, 0.4) is 0 Å². The molecule has 0 spiro atoms. The monoisotopic (exact) mass is 272 g/mol. The Hall–Kier alpha value is -2.34. The number of ether oxygens (including phenoxy) is 2. The minimum absolute atomic E-state index is 0.218. The van der Waals surface area contributed by atoms with E-state index in [-0.39, 0.29) is 6.10 Å². The lowest BCUT2D eigenvalue weighted by Gasteiger charge is -2.04. The number of fused-ring (bicyclic) bond motifs is 1. The molecule has 1 aliphatic rings. The lowest BCUT2D eigenvalue weighted by Crippen LogP contribution is -2.03. The Morgan fingerprint density at radius 2 is 2.20 bits per heavy atom. The molecule has 0 aliphatic carbocycles. The normalized spacial score (nSPS) is 17.6. The van der Waals surface area contributed by atoms with Crippen molar-refractivity contribution in [1.82, 2.24) is 10.2 Å². The third kappa shape index (κ3) is 2.04. The van der Waals surface area contributed by atoms with E-state index >= 15 is 0 Å². The standard InChI is InChI=1S/C14H12N2O4/c1-8-15-16-14(19-8)13-5-10-11(18-7-9-6-17-9)3-2-4-12(10)20-13/h2-5,9H,6-7H2,1H3. The Kier molecular flexibility index (Phi) is 2.50. The van der Waals surface area contributed by atoms with Crippen LogP contribution in [0.1, 0.15) is 5.89 Å². The van der Waals surface area contributed by atoms with Gasteiger partial charge in [-0.1, -0.05) is 6.07 Å². The maximum Gasteiger partial charge on any atom is 0.283 e. The molecule has 0 amide bonds. The van der Waals surface area contributed by atoms with Crippen LogP contribution in [0, 0.1) is 6.92 Å². The van der Waals surface area contributed by atoms with Gasteiger partial charge in [-0.15, -0.1) is 10.2 Å². The van der Waals surface area contributed by atoms with Gasteiger partial charge in [0.25, 0.3) is 5.89 Å². The molecule has 0 radical (unpaired) electrons. The molecule has 20 heavy (non-hydrogen) atoms. The van der Waals surface area contributed by atoms with Crippen molar-refractivity contribution >= 4 is 11.0 Å². The molecule has 1 saturated heterocycles. The first-order chi connectivity index (χ1) is 9.79. The molecule has 0 N–H and O–H groups in total. The summed E-state index contributed by atoms with van der Waals surface area (Å²) in [6.45, 7) is 3.07. The number of epoxide rings is 1. The molecule has 2 aromatic heterocycles. The Bertz CT molecular complexity index is 757. The van der Waals surface area contributed by atoms with E-state index in [1.807, 2.05) is 24.3 Å². The molecular formula is C14H12N2O4. The maximum absolute atomic E-state index is 5.75. The van der Waals surface area contributed by atoms with Crippen LogP contribution in [-0.4, -0.2) is 29.5 Å². The van der Waals surface area contributed by atoms with Crippen molar-refractivity contribution in [2.75, 3.05) is 13.2 Å². The first-order valence-corrected chi connectivity index (χ1v) is 6.37. The molecular weight excluding hydrogens is 260 g/mol. The van der Waals surface area contributed by atoms with E-state index in [4.69, 9.17) is 18.3 Å². The van der Waals surface area contributed by atoms with E-state index in [1.54, 1.807) is 6.92 Å². The quantitative estimate of drug-likeness (QED) is 0.679. The fourth-order valence-corrected chi connectivity index (χ4v) is 2.01. The molecule has 1 fully saturated rings. The summed E-state index contributed by atoms with van der Waals surface area (Å²) in [6, 6.07) is 7.52. The Labute approximate surface area is 114 Å². The van der Waals surface area contributed by atoms with Gasteiger partial charge in [0.05, 0.1) is 12.0 Å². The highest BCUT2D eigenvalue weighted by molar-refractivity contribution is 5.87. The van der Waals surface area contributed by atoms with E-state index in [0.717, 1.165) is 23.3 Å². The number of furan rings is 1. The Morgan fingerprint density at radius 1 is 1.30 bits per heavy atom. The Morgan fingerprint density at radius 3 is 2.95 bits per heavy atom. The summed E-state index contributed by atoms with van der Waals surface area (Å²) in [5.41, 5.74) is 0.727. The van der Waals surface area contributed by atoms with Gasteiger partial charge in [0.1, 0.15) is 24.0 Å². The lowest BCUT2D eigenvalue weighted by molar-refractivity contribution is 0.265. The van der Waals surface area contributed by atoms with Crippen LogP contribution >= 0.6 is 0 Å². The first kappa shape index (κ1) is 11.5. The van der Waals surface area contributed by atoms with Crippen molar-refractivity contribution < 1.29 is 18.3 Å². The van der Waals surface area contributed by atoms with Crippen LogP contribution in [0.4, 0.5) is 0 Å². The molecule has 3 aromatic rings. The molecule has 0 bridgehead atoms. The van der Waals surface area contributed by atoms with Crippen LogP contribution in [0.5, 0.6) is 5.75 Å². The predicted molar refractivity (Wildman–Crippen MR) is 69.5 cm³/mol. The van der Waals surface area contributed by atoms with Gasteiger partial charge in [0, 0.05) is 13.0 Å². The molecule has 102 valence electrons. The number of aryl methyl sites for hydroxylation is 1. The van der Waals surface area contributed by atoms with E-state index < -0.39 is 0 Å². The largest absolute Gasteiger partial charge is 0.490 e. The summed E-state index contributed by atoms with van der Waals surface area (Å²) >= 11 is 0. The zero-order chi connectivity index (χ0) is 13.5. The summed E-state index contributed by atoms with van der Waals surface area (Å²) < 4.78 is 22.0. The van der Waals surface area contributed by atoms with Gasteiger partial charge in [-0.3, -0.25) is 0 Å². The van der Waals surface area contributed by atoms with Gasteiger partial charge in [0.15, 0.2) is 5.76 Å². The van der Waals surface area contributed by atoms with Gasteiger partial charge in [-0.2, -0.15) is 0 Å². The zero-order valence-electron chi connectivity index (χ0n) is 10.8. The van der Waals surface area contributed by atoms with Gasteiger partial charge in [-0.25, -0.2) is 0 Å². The first-order valence-electron chi connectivity index (χ1n) is 6.37. The average molecular weight is 272 g/mol. The maximum atomic E-state index is 5.75. The fraction of sp³-hybridized carbons (Fsp3) is 0.286. The van der Waals surface area contributed by atoms with Crippen LogP contribution in [0.15, 0.2) is 33.1 Å². The van der Waals surface area contributed by atoms with Crippen molar-refractivity contribution in [3.63, 3.8) is 0 Å². The van der Waals surface area contributed by atoms with Gasteiger partial charge < -0.3 is 18.3 Å². The van der Waals surface area contributed by atoms with Crippen LogP contribution < -0.4 is 4.74 Å². The summed E-state index contributed by atoms with van der Waals surface area (Å²) in [4.78, 5) is 0. The summed E-state index contributed by atoms with van der Waals surface area (Å²) in [7, 11) is 0. The Balaban J connectivity index is 1.72. The molecule has 6 nitrogen and oxygen atoms in total. The molecule has 1 unspecified atom stereocenters. The van der Waals surface area contributed by atoms with Crippen molar-refractivity contribution in [2.24, 2.45) is 0 Å².